The summed E-state index contributed by atoms with van der Waals surface area (Å²) in [5.74, 6) is 0.608. The van der Waals surface area contributed by atoms with E-state index < -0.39 is 0 Å². The molecule has 0 amide bonds. The fraction of sp³-hybridized carbons (Fsp3) is 0.941. The zero-order valence-corrected chi connectivity index (χ0v) is 15.0. The molecule has 2 rings (SSSR count). The van der Waals surface area contributed by atoms with Crippen LogP contribution in [0.5, 0.6) is 0 Å². The Morgan fingerprint density at radius 2 is 1.96 bits per heavy atom. The van der Waals surface area contributed by atoms with Crippen LogP contribution in [0.4, 0.5) is 0 Å². The fourth-order valence-corrected chi connectivity index (χ4v) is 3.81. The quantitative estimate of drug-likeness (QED) is 0.391. The van der Waals surface area contributed by atoms with Crippen molar-refractivity contribution in [3.05, 3.63) is 0 Å². The Hall–Kier alpha value is -0.850. The van der Waals surface area contributed by atoms with E-state index in [1.807, 2.05) is 0 Å². The first kappa shape index (κ1) is 18.5. The van der Waals surface area contributed by atoms with Gasteiger partial charge in [-0.2, -0.15) is 0 Å². The Balaban J connectivity index is 1.65. The minimum absolute atomic E-state index is 0.337. The summed E-state index contributed by atoms with van der Waals surface area (Å²) in [7, 11) is 4.30. The van der Waals surface area contributed by atoms with Gasteiger partial charge in [0.05, 0.1) is 13.2 Å². The molecular formula is C17H35N5O. The van der Waals surface area contributed by atoms with Gasteiger partial charge in [-0.05, 0) is 39.9 Å². The number of ether oxygens (including phenoxy) is 1. The van der Waals surface area contributed by atoms with Crippen LogP contribution in [0.15, 0.2) is 4.99 Å². The molecule has 2 aliphatic rings. The minimum atomic E-state index is 0.337. The summed E-state index contributed by atoms with van der Waals surface area (Å²) in [6, 6.07) is 0. The van der Waals surface area contributed by atoms with Crippen molar-refractivity contribution in [3.63, 3.8) is 0 Å². The first-order valence-corrected chi connectivity index (χ1v) is 9.08. The van der Waals surface area contributed by atoms with Gasteiger partial charge in [-0.25, -0.2) is 0 Å². The number of morpholine rings is 1. The molecule has 0 spiro atoms. The van der Waals surface area contributed by atoms with Gasteiger partial charge in [0.1, 0.15) is 0 Å². The SMILES string of the molecule is CN(C)CC1(CN=C(N)NCCCN2CCOCC2)CCCC1. The number of rotatable bonds is 8. The van der Waals surface area contributed by atoms with E-state index in [1.165, 1.54) is 25.7 Å². The number of nitrogens with two attached hydrogens (primary N) is 1. The summed E-state index contributed by atoms with van der Waals surface area (Å²) < 4.78 is 5.36. The van der Waals surface area contributed by atoms with Crippen molar-refractivity contribution in [2.45, 2.75) is 32.1 Å². The number of hydrogen-bond acceptors (Lipinski definition) is 4. The Morgan fingerprint density at radius 1 is 1.26 bits per heavy atom. The van der Waals surface area contributed by atoms with Crippen LogP contribution >= 0.6 is 0 Å². The van der Waals surface area contributed by atoms with Crippen LogP contribution in [0.25, 0.3) is 0 Å². The van der Waals surface area contributed by atoms with Crippen LogP contribution < -0.4 is 11.1 Å². The normalized spacial score (nSPS) is 22.7. The minimum Gasteiger partial charge on any atom is -0.379 e. The Bertz CT molecular complexity index is 360. The Labute approximate surface area is 141 Å². The lowest BCUT2D eigenvalue weighted by Crippen LogP contribution is -2.40. The summed E-state index contributed by atoms with van der Waals surface area (Å²) in [5.41, 5.74) is 6.39. The maximum atomic E-state index is 6.05. The summed E-state index contributed by atoms with van der Waals surface area (Å²) in [4.78, 5) is 9.37. The van der Waals surface area contributed by atoms with E-state index in [0.29, 0.717) is 11.4 Å². The Morgan fingerprint density at radius 3 is 2.61 bits per heavy atom. The second-order valence-electron chi connectivity index (χ2n) is 7.38. The van der Waals surface area contributed by atoms with Crippen molar-refractivity contribution in [3.8, 4) is 0 Å². The fourth-order valence-electron chi connectivity index (χ4n) is 3.81. The van der Waals surface area contributed by atoms with Crippen molar-refractivity contribution in [1.82, 2.24) is 15.1 Å². The van der Waals surface area contributed by atoms with E-state index in [9.17, 15) is 0 Å². The highest BCUT2D eigenvalue weighted by Crippen LogP contribution is 2.38. The molecule has 2 fully saturated rings. The van der Waals surface area contributed by atoms with Gasteiger partial charge in [0.15, 0.2) is 5.96 Å². The zero-order chi connectivity index (χ0) is 16.5. The molecule has 0 aromatic heterocycles. The molecule has 0 aromatic carbocycles. The molecule has 0 unspecified atom stereocenters. The number of aliphatic imine (C=N–C) groups is 1. The lowest BCUT2D eigenvalue weighted by atomic mass is 9.86. The lowest BCUT2D eigenvalue weighted by molar-refractivity contribution is 0.0376. The highest BCUT2D eigenvalue weighted by Gasteiger charge is 2.34. The second kappa shape index (κ2) is 9.45. The van der Waals surface area contributed by atoms with Crippen molar-refractivity contribution in [2.24, 2.45) is 16.1 Å². The van der Waals surface area contributed by atoms with E-state index >= 15 is 0 Å². The molecule has 0 radical (unpaired) electrons. The summed E-state index contributed by atoms with van der Waals surface area (Å²) in [6.07, 6.45) is 6.31. The highest BCUT2D eigenvalue weighted by molar-refractivity contribution is 5.77. The van der Waals surface area contributed by atoms with Gasteiger partial charge < -0.3 is 20.7 Å². The van der Waals surface area contributed by atoms with Crippen LogP contribution in [-0.4, -0.2) is 82.3 Å². The first-order valence-electron chi connectivity index (χ1n) is 9.08. The van der Waals surface area contributed by atoms with Gasteiger partial charge in [0, 0.05) is 38.1 Å². The third kappa shape index (κ3) is 6.65. The first-order chi connectivity index (χ1) is 11.1. The molecule has 1 saturated carbocycles. The topological polar surface area (TPSA) is 66.1 Å². The maximum Gasteiger partial charge on any atom is 0.188 e. The summed E-state index contributed by atoms with van der Waals surface area (Å²) in [5, 5.41) is 3.27. The third-order valence-corrected chi connectivity index (χ3v) is 4.96. The van der Waals surface area contributed by atoms with Gasteiger partial charge in [-0.3, -0.25) is 9.89 Å². The van der Waals surface area contributed by atoms with Crippen LogP contribution in [-0.2, 0) is 4.74 Å². The van der Waals surface area contributed by atoms with Crippen molar-refractivity contribution < 1.29 is 4.74 Å². The van der Waals surface area contributed by atoms with E-state index in [-0.39, 0.29) is 0 Å². The predicted octanol–water partition coefficient (Wildman–Crippen LogP) is 0.735. The summed E-state index contributed by atoms with van der Waals surface area (Å²) in [6.45, 7) is 7.80. The predicted molar refractivity (Wildman–Crippen MR) is 95.8 cm³/mol. The van der Waals surface area contributed by atoms with Gasteiger partial charge >= 0.3 is 0 Å². The van der Waals surface area contributed by atoms with Gasteiger partial charge in [0.2, 0.25) is 0 Å². The van der Waals surface area contributed by atoms with Crippen molar-refractivity contribution >= 4 is 5.96 Å². The maximum absolute atomic E-state index is 6.05. The van der Waals surface area contributed by atoms with E-state index in [4.69, 9.17) is 10.5 Å². The molecule has 0 aromatic rings. The second-order valence-corrected chi connectivity index (χ2v) is 7.38. The smallest absolute Gasteiger partial charge is 0.188 e. The monoisotopic (exact) mass is 325 g/mol. The van der Waals surface area contributed by atoms with Crippen LogP contribution in [0.3, 0.4) is 0 Å². The molecule has 1 aliphatic carbocycles. The van der Waals surface area contributed by atoms with E-state index in [1.54, 1.807) is 0 Å². The molecule has 134 valence electrons. The number of guanidine groups is 1. The molecule has 3 N–H and O–H groups in total. The average Bonchev–Trinajstić information content (AvgIpc) is 2.99. The van der Waals surface area contributed by atoms with Crippen molar-refractivity contribution in [2.75, 3.05) is 66.6 Å². The third-order valence-electron chi connectivity index (χ3n) is 4.96. The molecule has 1 saturated heterocycles. The molecule has 1 aliphatic heterocycles. The zero-order valence-electron chi connectivity index (χ0n) is 15.0. The van der Waals surface area contributed by atoms with Crippen LogP contribution in [0.2, 0.25) is 0 Å². The van der Waals surface area contributed by atoms with E-state index in [2.05, 4.69) is 34.2 Å². The summed E-state index contributed by atoms with van der Waals surface area (Å²) >= 11 is 0. The van der Waals surface area contributed by atoms with Gasteiger partial charge in [-0.1, -0.05) is 12.8 Å². The number of nitrogens with zero attached hydrogens (tertiary/aromatic N) is 3. The Kier molecular flexibility index (Phi) is 7.59. The average molecular weight is 326 g/mol. The standard InChI is InChI=1S/C17H35N5O/c1-21(2)15-17(6-3-4-7-17)14-20-16(18)19-8-5-9-22-10-12-23-13-11-22/h3-15H2,1-2H3,(H3,18,19,20). The van der Waals surface area contributed by atoms with Gasteiger partial charge in [-0.15, -0.1) is 0 Å². The highest BCUT2D eigenvalue weighted by atomic mass is 16.5. The molecule has 6 nitrogen and oxygen atoms in total. The number of nitrogens with one attached hydrogen (secondary N) is 1. The van der Waals surface area contributed by atoms with Crippen LogP contribution in [0, 0.1) is 5.41 Å². The molecular weight excluding hydrogens is 290 g/mol. The molecule has 6 heteroatoms. The molecule has 1 heterocycles. The molecule has 23 heavy (non-hydrogen) atoms. The molecule has 0 bridgehead atoms. The lowest BCUT2D eigenvalue weighted by Gasteiger charge is -2.30. The number of hydrogen-bond donors (Lipinski definition) is 2. The molecule has 0 atom stereocenters. The van der Waals surface area contributed by atoms with Gasteiger partial charge in [0.25, 0.3) is 0 Å². The van der Waals surface area contributed by atoms with E-state index in [0.717, 1.165) is 58.9 Å². The van der Waals surface area contributed by atoms with Crippen LogP contribution in [0.1, 0.15) is 32.1 Å². The van der Waals surface area contributed by atoms with Crippen molar-refractivity contribution in [1.29, 1.82) is 0 Å². The largest absolute Gasteiger partial charge is 0.379 e.